The van der Waals surface area contributed by atoms with Crippen molar-refractivity contribution in [1.29, 1.82) is 0 Å². The summed E-state index contributed by atoms with van der Waals surface area (Å²) in [6.07, 6.45) is 17.5. The molecule has 12 aromatic rings. The van der Waals surface area contributed by atoms with Crippen molar-refractivity contribution in [3.05, 3.63) is 231 Å². The van der Waals surface area contributed by atoms with E-state index in [2.05, 4.69) is 159 Å². The normalized spacial score (nSPS) is 16.0. The summed E-state index contributed by atoms with van der Waals surface area (Å²) in [4.78, 5) is 13.2. The number of hydrogen-bond donors (Lipinski definition) is 0. The Morgan fingerprint density at radius 2 is 0.828 bits per heavy atom. The predicted molar refractivity (Wildman–Crippen MR) is 387 cm³/mol. The molecule has 4 aliphatic rings. The number of benzene rings is 3. The number of allylic oxidation sites excluding steroid dienone is 4. The second kappa shape index (κ2) is 24.6. The molecule has 17 heteroatoms. The number of aryl methyl sites for hydroxylation is 9. The van der Waals surface area contributed by atoms with Gasteiger partial charge >= 0.3 is 27.4 Å². The minimum atomic E-state index is -2.11. The van der Waals surface area contributed by atoms with Crippen LogP contribution in [0.25, 0.3) is 68.3 Å². The van der Waals surface area contributed by atoms with Gasteiger partial charge in [-0.2, -0.15) is 0 Å². The molecule has 3 aromatic carbocycles. The van der Waals surface area contributed by atoms with Gasteiger partial charge in [0.25, 0.3) is 0 Å². The van der Waals surface area contributed by atoms with Crippen LogP contribution in [0.15, 0.2) is 198 Å². The minimum absolute atomic E-state index is 0.00728. The highest BCUT2D eigenvalue weighted by Gasteiger charge is 2.43. The van der Waals surface area contributed by atoms with E-state index in [1.54, 1.807) is 36.9 Å². The Hall–Kier alpha value is -10.0. The Morgan fingerprint density at radius 3 is 1.30 bits per heavy atom. The van der Waals surface area contributed by atoms with Crippen molar-refractivity contribution in [3.63, 3.8) is 0 Å². The van der Waals surface area contributed by atoms with Gasteiger partial charge in [0.15, 0.2) is 53.0 Å². The molecule has 0 unspecified atom stereocenters. The third kappa shape index (κ3) is 11.1. The van der Waals surface area contributed by atoms with Crippen LogP contribution in [0.2, 0.25) is 0 Å². The molecule has 4 aliphatic heterocycles. The number of para-hydroxylation sites is 3. The van der Waals surface area contributed by atoms with E-state index >= 15 is 0 Å². The van der Waals surface area contributed by atoms with Gasteiger partial charge in [-0.3, -0.25) is 0 Å². The molecule has 93 heavy (non-hydrogen) atoms. The zero-order chi connectivity index (χ0) is 72.9. The molecule has 0 N–H and O–H groups in total. The van der Waals surface area contributed by atoms with E-state index in [0.717, 1.165) is 112 Å². The van der Waals surface area contributed by atoms with Crippen LogP contribution in [0.5, 0.6) is 0 Å². The lowest BCUT2D eigenvalue weighted by molar-refractivity contribution is -0.654. The first-order valence-corrected chi connectivity index (χ1v) is 31.3. The molecule has 0 saturated heterocycles. The lowest BCUT2D eigenvalue weighted by atomic mass is 9.49. The maximum atomic E-state index is 7.76. The van der Waals surface area contributed by atoms with Gasteiger partial charge in [-0.1, -0.05) is 64.4 Å². The molecular weight excluding hydrogens is 1150 g/mol. The fourth-order valence-corrected chi connectivity index (χ4v) is 14.3. The average molecular weight is 1240 g/mol. The Bertz CT molecular complexity index is 5430. The molecule has 0 fully saturated rings. The molecule has 0 amide bonds. The summed E-state index contributed by atoms with van der Waals surface area (Å²) in [6.45, 7) is 6.30. The summed E-state index contributed by atoms with van der Waals surface area (Å²) in [6, 6.07) is 41.8. The lowest BCUT2D eigenvalue weighted by Gasteiger charge is -2.29. The van der Waals surface area contributed by atoms with Gasteiger partial charge in [0.1, 0.15) is 62.2 Å². The standard InChI is InChI=1S/C20H22BN2O.2C19H20BN2O.C18H19BN3O/c1-13-10-19(22(4)12-14(13)2)21-15(3)11-18-20(23(21)5)16-8-6-7-9-17(16)24-18;1-13-9-10-18(21(3)12-13)20-14(2)11-17-19(22(20)4)15-7-5-6-8-16(15)23-17;1-13-9-10-21(3)18(11-13)20-14(2)12-17-19(22(20)4)15-7-5-6-8-16(15)23-17;1-12-7-8-16(21(3)11-12)19-13(2)10-15-14-6-5-9-20-17(14)23-18(15)22(19)4/h6-12H,1-5H3;2*5-12H,1-4H3;5-11H,1-4H3/q4*+1/i2D3;1D3;;1D3. The van der Waals surface area contributed by atoms with Crippen molar-refractivity contribution in [2.24, 2.45) is 28.2 Å². The number of nitrogens with zero attached hydrogens (tertiary/aromatic N) is 9. The first-order valence-electron chi connectivity index (χ1n) is 35.8. The van der Waals surface area contributed by atoms with Gasteiger partial charge in [-0.25, -0.2) is 23.3 Å². The SMILES string of the molecule is CC1=Cc2oc3ccccc3c2N(C)B1c1cc(C)cc[n+]1C.[2H]C([2H])([2H])c1c[n+](C)c(B2C(C)=Cc3oc4ccccc4c3N2C)cc1C.[2H]C([2H])([2H])c1ccc(B2C(C)=Cc3c(oc4ncccc34)N2C)[n+](C)c1.[2H]C([2H])([2H])c1ccc(B2C(C)=Cc3oc4ccccc4c3N2C)[n+](C)c1. The number of fused-ring (bicyclic) bond motifs is 12. The number of furan rings is 4. The van der Waals surface area contributed by atoms with Crippen LogP contribution < -0.4 is 59.9 Å². The van der Waals surface area contributed by atoms with Crippen LogP contribution >= 0.6 is 0 Å². The van der Waals surface area contributed by atoms with Crippen molar-refractivity contribution in [3.8, 4) is 0 Å². The Balaban J connectivity index is 0.000000122. The van der Waals surface area contributed by atoms with Gasteiger partial charge in [0.2, 0.25) is 5.71 Å². The Kier molecular flexibility index (Phi) is 13.6. The van der Waals surface area contributed by atoms with Gasteiger partial charge < -0.3 is 36.9 Å². The van der Waals surface area contributed by atoms with Crippen LogP contribution in [-0.2, 0) is 28.2 Å². The fraction of sp³-hybridized carbons (Fsp3) is 0.224. The number of aromatic nitrogens is 5. The number of rotatable bonds is 4. The second-order valence-electron chi connectivity index (χ2n) is 25.3. The van der Waals surface area contributed by atoms with Crippen molar-refractivity contribution >= 4 is 141 Å². The first-order chi connectivity index (χ1) is 48.3. The van der Waals surface area contributed by atoms with Crippen molar-refractivity contribution in [1.82, 2.24) is 4.98 Å². The highest BCUT2D eigenvalue weighted by molar-refractivity contribution is 6.84. The van der Waals surface area contributed by atoms with Crippen molar-refractivity contribution < 1.29 is 48.3 Å². The van der Waals surface area contributed by atoms with Crippen LogP contribution in [0.1, 0.15) is 90.7 Å². The molecule has 0 saturated carbocycles. The molecule has 13 nitrogen and oxygen atoms in total. The highest BCUT2D eigenvalue weighted by Crippen LogP contribution is 2.42. The van der Waals surface area contributed by atoms with Crippen LogP contribution in [0, 0.1) is 34.4 Å². The zero-order valence-corrected chi connectivity index (χ0v) is 55.3. The summed E-state index contributed by atoms with van der Waals surface area (Å²) in [5.74, 6) is 3.46. The minimum Gasteiger partial charge on any atom is -0.455 e. The largest absolute Gasteiger partial charge is 0.455 e. The molecule has 0 atom stereocenters. The average Bonchev–Trinajstić information content (AvgIpc) is 1.54. The molecule has 0 spiro atoms. The Morgan fingerprint density at radius 1 is 0.398 bits per heavy atom. The highest BCUT2D eigenvalue weighted by atomic mass is 16.4. The summed E-state index contributed by atoms with van der Waals surface area (Å²) in [7, 11) is 16.1. The number of hydrogen-bond acceptors (Lipinski definition) is 9. The van der Waals surface area contributed by atoms with E-state index in [0.29, 0.717) is 22.4 Å². The smallest absolute Gasteiger partial charge is 0.401 e. The quantitative estimate of drug-likeness (QED) is 0.126. The third-order valence-electron chi connectivity index (χ3n) is 18.7. The molecule has 0 radical (unpaired) electrons. The van der Waals surface area contributed by atoms with Gasteiger partial charge in [-0.05, 0) is 192 Å². The van der Waals surface area contributed by atoms with Crippen molar-refractivity contribution in [2.45, 2.75) is 62.1 Å². The Labute approximate surface area is 560 Å². The van der Waals surface area contributed by atoms with Gasteiger partial charge in [-0.15, -0.1) is 0 Å². The number of anilines is 4. The van der Waals surface area contributed by atoms with Crippen LogP contribution in [0.3, 0.4) is 0 Å². The predicted octanol–water partition coefficient (Wildman–Crippen LogP) is 11.1. The summed E-state index contributed by atoms with van der Waals surface area (Å²) in [5.41, 5.74) is 19.9. The van der Waals surface area contributed by atoms with E-state index in [-0.39, 0.29) is 27.4 Å². The molecule has 0 aliphatic carbocycles. The van der Waals surface area contributed by atoms with E-state index in [9.17, 15) is 0 Å². The topological polar surface area (TPSA) is 93.9 Å². The fourth-order valence-electron chi connectivity index (χ4n) is 14.3. The molecule has 9 aromatic heterocycles. The lowest BCUT2D eigenvalue weighted by Crippen LogP contribution is -2.62. The molecule has 462 valence electrons. The van der Waals surface area contributed by atoms with E-state index in [1.165, 1.54) is 27.7 Å². The molecule has 16 rings (SSSR count). The first kappa shape index (κ1) is 51.6. The van der Waals surface area contributed by atoms with E-state index in [1.807, 2.05) is 128 Å². The number of pyridine rings is 5. The zero-order valence-electron chi connectivity index (χ0n) is 64.3. The molecule has 13 heterocycles. The van der Waals surface area contributed by atoms with Crippen LogP contribution in [0.4, 0.5) is 22.9 Å². The molecule has 0 bridgehead atoms. The molecular formula is C76H81B4N9O4+4. The van der Waals surface area contributed by atoms with Crippen LogP contribution in [-0.4, -0.2) is 60.6 Å². The van der Waals surface area contributed by atoms with Gasteiger partial charge in [0.05, 0.1) is 17.1 Å². The third-order valence-corrected chi connectivity index (χ3v) is 18.7. The monoisotopic (exact) mass is 1240 g/mol. The van der Waals surface area contributed by atoms with Crippen molar-refractivity contribution in [2.75, 3.05) is 47.4 Å². The maximum absolute atomic E-state index is 7.76. The van der Waals surface area contributed by atoms with E-state index in [4.69, 9.17) is 30.0 Å². The maximum Gasteiger partial charge on any atom is 0.401 e. The second-order valence-corrected chi connectivity index (χ2v) is 25.3. The van der Waals surface area contributed by atoms with Gasteiger partial charge in [0, 0.05) is 80.5 Å². The van der Waals surface area contributed by atoms with E-state index < -0.39 is 20.6 Å². The summed E-state index contributed by atoms with van der Waals surface area (Å²) >= 11 is 0. The summed E-state index contributed by atoms with van der Waals surface area (Å²) in [5, 5.41) is 4.34. The summed E-state index contributed by atoms with van der Waals surface area (Å²) < 4.78 is 101.